The monoisotopic (exact) mass is 612 g/mol. The Balaban J connectivity index is 0.000000274. The van der Waals surface area contributed by atoms with Gasteiger partial charge in [-0.3, -0.25) is 19.2 Å². The van der Waals surface area contributed by atoms with Gasteiger partial charge >= 0.3 is 31.3 Å². The third-order valence-corrected chi connectivity index (χ3v) is 7.82. The van der Waals surface area contributed by atoms with Crippen LogP contribution >= 0.6 is 0 Å². The number of hydrogen-bond donors (Lipinski definition) is 0. The number of rotatable bonds is 4. The first-order chi connectivity index (χ1) is 17.2. The number of alkyl halides is 6. The minimum atomic E-state index is -6.09. The van der Waals surface area contributed by atoms with E-state index in [1.165, 1.54) is 52.8 Å². The van der Waals surface area contributed by atoms with Crippen molar-refractivity contribution in [3.05, 3.63) is 34.9 Å². The van der Waals surface area contributed by atoms with Crippen LogP contribution in [0.3, 0.4) is 0 Å². The third-order valence-electron chi connectivity index (χ3n) is 6.00. The molecule has 2 aliphatic heterocycles. The molecule has 1 saturated heterocycles. The zero-order valence-electron chi connectivity index (χ0n) is 20.3. The second-order valence-corrected chi connectivity index (χ2v) is 12.0. The highest BCUT2D eigenvalue weighted by atomic mass is 32.2. The summed E-state index contributed by atoms with van der Waals surface area (Å²) in [5.74, 6) is -4.80. The van der Waals surface area contributed by atoms with Crippen LogP contribution < -0.4 is 0 Å². The molecule has 2 heterocycles. The number of amides is 4. The molecule has 1 aromatic carbocycles. The zero-order chi connectivity index (χ0) is 30.7. The van der Waals surface area contributed by atoms with Gasteiger partial charge in [0, 0.05) is 0 Å². The number of halogens is 6. The van der Waals surface area contributed by atoms with Gasteiger partial charge in [0.05, 0.1) is 22.0 Å². The Kier molecular flexibility index (Phi) is 7.84. The van der Waals surface area contributed by atoms with Crippen LogP contribution in [-0.2, 0) is 38.4 Å². The van der Waals surface area contributed by atoms with Crippen LogP contribution in [0.1, 0.15) is 54.0 Å². The number of carbonyl (C=O) groups excluding carboxylic acids is 4. The molecule has 2 aliphatic rings. The Morgan fingerprint density at radius 2 is 1.08 bits per heavy atom. The number of aryl methyl sites for hydroxylation is 1. The first-order valence-electron chi connectivity index (χ1n) is 10.1. The van der Waals surface area contributed by atoms with E-state index in [1.54, 1.807) is 0 Å². The summed E-state index contributed by atoms with van der Waals surface area (Å²) in [5, 5.41) is -0.733. The fraction of sp³-hybridized carbons (Fsp3) is 0.474. The summed E-state index contributed by atoms with van der Waals surface area (Å²) in [6.07, 6.45) is 0. The number of hydroxylamine groups is 4. The van der Waals surface area contributed by atoms with Crippen molar-refractivity contribution in [1.82, 2.24) is 10.1 Å². The lowest BCUT2D eigenvalue weighted by Crippen LogP contribution is -2.39. The Labute approximate surface area is 216 Å². The Bertz CT molecular complexity index is 1440. The Hall–Kier alpha value is -3.10. The largest absolute Gasteiger partial charge is 0.525 e. The molecular weight excluding hydrogens is 594 g/mol. The van der Waals surface area contributed by atoms with E-state index in [4.69, 9.17) is 0 Å². The molecule has 4 amide bonds. The van der Waals surface area contributed by atoms with Crippen molar-refractivity contribution in [2.75, 3.05) is 0 Å². The molecule has 0 aliphatic carbocycles. The number of fused-ring (bicyclic) bond motifs is 1. The first-order valence-corrected chi connectivity index (χ1v) is 12.9. The maximum Gasteiger partial charge on any atom is 0.525 e. The minimum Gasteiger partial charge on any atom is -0.271 e. The third kappa shape index (κ3) is 5.37. The molecule has 0 saturated carbocycles. The fourth-order valence-electron chi connectivity index (χ4n) is 2.98. The standard InChI is InChI=1S/C10H6F3NO5S.C9H12F3NO5S/c1-5-3-2-4-6-7(5)9(16)14(8(6)15)19-20(17,18)10(11,12)13;1-7(2)5(14)13(6(15)8(7,3)4)18-19(16,17)9(10,11)12/h2-4H,1H3;1-4H3. The number of carbonyl (C=O) groups is 4. The molecule has 20 heteroatoms. The molecule has 0 N–H and O–H groups in total. The van der Waals surface area contributed by atoms with E-state index in [0.29, 0.717) is 5.56 Å². The van der Waals surface area contributed by atoms with Gasteiger partial charge in [-0.15, -0.1) is 18.7 Å². The van der Waals surface area contributed by atoms with Crippen molar-refractivity contribution < 1.29 is 70.9 Å². The van der Waals surface area contributed by atoms with E-state index < -0.39 is 70.8 Å². The van der Waals surface area contributed by atoms with Crippen molar-refractivity contribution in [2.24, 2.45) is 10.8 Å². The van der Waals surface area contributed by atoms with Crippen LogP contribution in [0.5, 0.6) is 0 Å². The molecule has 0 atom stereocenters. The highest BCUT2D eigenvalue weighted by Crippen LogP contribution is 2.48. The lowest BCUT2D eigenvalue weighted by Gasteiger charge is -2.27. The minimum absolute atomic E-state index is 0.185. The summed E-state index contributed by atoms with van der Waals surface area (Å²) in [5.41, 5.74) is -14.3. The van der Waals surface area contributed by atoms with Crippen molar-refractivity contribution in [3.8, 4) is 0 Å². The van der Waals surface area contributed by atoms with E-state index in [-0.39, 0.29) is 16.2 Å². The molecular formula is C19H18F6N2O10S2. The lowest BCUT2D eigenvalue weighted by atomic mass is 9.70. The predicted molar refractivity (Wildman–Crippen MR) is 113 cm³/mol. The molecule has 0 bridgehead atoms. The van der Waals surface area contributed by atoms with Gasteiger partial charge < -0.3 is 0 Å². The average molecular weight is 612 g/mol. The van der Waals surface area contributed by atoms with Gasteiger partial charge in [-0.05, 0) is 46.2 Å². The van der Waals surface area contributed by atoms with Crippen molar-refractivity contribution in [3.63, 3.8) is 0 Å². The molecule has 0 unspecified atom stereocenters. The highest BCUT2D eigenvalue weighted by Gasteiger charge is 2.63. The summed E-state index contributed by atoms with van der Waals surface area (Å²) >= 11 is 0. The van der Waals surface area contributed by atoms with E-state index >= 15 is 0 Å². The molecule has 1 fully saturated rings. The SMILES string of the molecule is CC1(C)C(=O)N(OS(=O)(=O)C(F)(F)F)C(=O)C1(C)C.Cc1cccc2c1C(=O)N(OS(=O)(=O)C(F)(F)F)C2=O. The van der Waals surface area contributed by atoms with E-state index in [2.05, 4.69) is 8.57 Å². The second-order valence-electron chi connectivity index (χ2n) is 9.01. The zero-order valence-corrected chi connectivity index (χ0v) is 21.9. The van der Waals surface area contributed by atoms with Crippen molar-refractivity contribution >= 4 is 43.9 Å². The molecule has 218 valence electrons. The van der Waals surface area contributed by atoms with Gasteiger partial charge in [-0.25, -0.2) is 0 Å². The van der Waals surface area contributed by atoms with E-state index in [1.807, 2.05) is 0 Å². The van der Waals surface area contributed by atoms with Gasteiger partial charge in [0.2, 0.25) is 0 Å². The van der Waals surface area contributed by atoms with Crippen LogP contribution in [0.4, 0.5) is 26.3 Å². The fourth-order valence-corrected chi connectivity index (χ4v) is 3.82. The average Bonchev–Trinajstić information content (AvgIpc) is 3.05. The van der Waals surface area contributed by atoms with Crippen LogP contribution in [-0.4, -0.2) is 61.6 Å². The number of nitrogens with zero attached hydrogens (tertiary/aromatic N) is 2. The van der Waals surface area contributed by atoms with Crippen LogP contribution in [0.25, 0.3) is 0 Å². The molecule has 3 rings (SSSR count). The van der Waals surface area contributed by atoms with Gasteiger partial charge in [-0.2, -0.15) is 43.2 Å². The molecule has 39 heavy (non-hydrogen) atoms. The van der Waals surface area contributed by atoms with E-state index in [9.17, 15) is 62.4 Å². The lowest BCUT2D eigenvalue weighted by molar-refractivity contribution is -0.170. The summed E-state index contributed by atoms with van der Waals surface area (Å²) in [4.78, 5) is 47.1. The normalized spacial score (nSPS) is 19.3. The summed E-state index contributed by atoms with van der Waals surface area (Å²) in [6.45, 7) is 6.72. The first kappa shape index (κ1) is 32.1. The van der Waals surface area contributed by atoms with Crippen LogP contribution in [0, 0.1) is 17.8 Å². The quantitative estimate of drug-likeness (QED) is 0.281. The van der Waals surface area contributed by atoms with Gasteiger partial charge in [0.25, 0.3) is 23.6 Å². The van der Waals surface area contributed by atoms with Gasteiger partial charge in [0.15, 0.2) is 0 Å². The number of hydrogen-bond acceptors (Lipinski definition) is 10. The van der Waals surface area contributed by atoms with Crippen molar-refractivity contribution in [2.45, 2.75) is 45.6 Å². The molecule has 0 spiro atoms. The maximum atomic E-state index is 12.2. The van der Waals surface area contributed by atoms with Crippen LogP contribution in [0.15, 0.2) is 18.2 Å². The number of imide groups is 2. The topological polar surface area (TPSA) is 161 Å². The molecule has 1 aromatic rings. The molecule has 0 radical (unpaired) electrons. The number of benzene rings is 1. The summed E-state index contributed by atoms with van der Waals surface area (Å²) < 4.78 is 124. The smallest absolute Gasteiger partial charge is 0.271 e. The summed E-state index contributed by atoms with van der Waals surface area (Å²) in [7, 11) is -12.2. The highest BCUT2D eigenvalue weighted by molar-refractivity contribution is 7.87. The molecule has 0 aromatic heterocycles. The van der Waals surface area contributed by atoms with E-state index in [0.717, 1.165) is 0 Å². The van der Waals surface area contributed by atoms with Gasteiger partial charge in [0.1, 0.15) is 0 Å². The maximum absolute atomic E-state index is 12.2. The Morgan fingerprint density at radius 1 is 0.692 bits per heavy atom. The molecule has 12 nitrogen and oxygen atoms in total. The Morgan fingerprint density at radius 3 is 1.44 bits per heavy atom. The predicted octanol–water partition coefficient (Wildman–Crippen LogP) is 2.56. The van der Waals surface area contributed by atoms with Crippen LogP contribution in [0.2, 0.25) is 0 Å². The van der Waals surface area contributed by atoms with Gasteiger partial charge in [-0.1, -0.05) is 12.1 Å². The summed E-state index contributed by atoms with van der Waals surface area (Å²) in [6, 6.07) is 4.04. The van der Waals surface area contributed by atoms with Crippen molar-refractivity contribution in [1.29, 1.82) is 0 Å². The second kappa shape index (κ2) is 9.52.